The van der Waals surface area contributed by atoms with Crippen molar-refractivity contribution >= 4 is 16.0 Å². The van der Waals surface area contributed by atoms with Crippen LogP contribution in [0, 0.1) is 6.92 Å². The number of hydrogen-bond donors (Lipinski definition) is 1. The van der Waals surface area contributed by atoms with E-state index in [0.29, 0.717) is 5.89 Å². The molecule has 1 heterocycles. The van der Waals surface area contributed by atoms with Crippen LogP contribution in [0.3, 0.4) is 0 Å². The molecule has 0 unspecified atom stereocenters. The molecular formula is C12H15N3O3S. The molecule has 0 bridgehead atoms. The normalized spacial score (nSPS) is 13.2. The van der Waals surface area contributed by atoms with Gasteiger partial charge >= 0.3 is 0 Å². The minimum absolute atomic E-state index is 0.0299. The number of aromatic nitrogens is 2. The molecule has 0 saturated heterocycles. The summed E-state index contributed by atoms with van der Waals surface area (Å²) in [6.07, 6.45) is 0. The first-order valence-electron chi connectivity index (χ1n) is 5.82. The Bertz CT molecular complexity index is 637. The van der Waals surface area contributed by atoms with Crippen molar-refractivity contribution in [2.45, 2.75) is 19.8 Å². The van der Waals surface area contributed by atoms with E-state index >= 15 is 0 Å². The van der Waals surface area contributed by atoms with Crippen LogP contribution in [-0.4, -0.2) is 24.3 Å². The minimum Gasteiger partial charge on any atom is -0.338 e. The Hall–Kier alpha value is -1.89. The van der Waals surface area contributed by atoms with Crippen LogP contribution in [0.25, 0.3) is 0 Å². The van der Waals surface area contributed by atoms with Gasteiger partial charge in [-0.05, 0) is 16.6 Å². The number of sulfonamides is 1. The number of nitrogens with one attached hydrogen (secondary N) is 1. The summed E-state index contributed by atoms with van der Waals surface area (Å²) < 4.78 is 30.9. The molecule has 0 amide bonds. The molecule has 2 aromatic rings. The van der Waals surface area contributed by atoms with Gasteiger partial charge in [-0.1, -0.05) is 37.3 Å². The molecule has 0 spiro atoms. The molecule has 2 rings (SSSR count). The van der Waals surface area contributed by atoms with E-state index in [4.69, 9.17) is 4.52 Å². The second-order valence-corrected chi connectivity index (χ2v) is 6.10. The topological polar surface area (TPSA) is 85.1 Å². The van der Waals surface area contributed by atoms with Crippen molar-refractivity contribution in [1.29, 1.82) is 0 Å². The Morgan fingerprint density at radius 2 is 2.00 bits per heavy atom. The lowest BCUT2D eigenvalue weighted by molar-refractivity contribution is 0.395. The molecule has 0 aliphatic heterocycles. The van der Waals surface area contributed by atoms with Crippen LogP contribution >= 0.6 is 0 Å². The third-order valence-corrected chi connectivity index (χ3v) is 4.04. The predicted molar refractivity (Wildman–Crippen MR) is 71.3 cm³/mol. The van der Waals surface area contributed by atoms with Crippen LogP contribution < -0.4 is 4.72 Å². The number of nitrogens with zero attached hydrogens (tertiary/aromatic N) is 2. The van der Waals surface area contributed by atoms with Crippen LogP contribution in [0.4, 0.5) is 5.95 Å². The molecule has 0 fully saturated rings. The summed E-state index contributed by atoms with van der Waals surface area (Å²) in [4.78, 5) is 3.81. The van der Waals surface area contributed by atoms with Crippen LogP contribution in [0.1, 0.15) is 24.3 Å². The Morgan fingerprint density at radius 1 is 1.32 bits per heavy atom. The van der Waals surface area contributed by atoms with Gasteiger partial charge in [-0.2, -0.15) is 4.98 Å². The van der Waals surface area contributed by atoms with Crippen molar-refractivity contribution in [3.63, 3.8) is 0 Å². The van der Waals surface area contributed by atoms with Crippen LogP contribution in [-0.2, 0) is 10.0 Å². The third kappa shape index (κ3) is 3.78. The molecule has 0 radical (unpaired) electrons. The minimum atomic E-state index is -3.50. The van der Waals surface area contributed by atoms with E-state index in [2.05, 4.69) is 14.9 Å². The van der Waals surface area contributed by atoms with Gasteiger partial charge in [-0.25, -0.2) is 13.1 Å². The van der Waals surface area contributed by atoms with Gasteiger partial charge in [0.05, 0.1) is 5.75 Å². The third-order valence-electron chi connectivity index (χ3n) is 2.61. The Balaban J connectivity index is 2.05. The second kappa shape index (κ2) is 5.40. The zero-order valence-electron chi connectivity index (χ0n) is 10.7. The molecule has 0 aliphatic rings. The Labute approximate surface area is 111 Å². The van der Waals surface area contributed by atoms with Crippen LogP contribution in [0.5, 0.6) is 0 Å². The summed E-state index contributed by atoms with van der Waals surface area (Å²) in [5.74, 6) is 0.128. The molecule has 102 valence electrons. The molecule has 1 N–H and O–H groups in total. The van der Waals surface area contributed by atoms with Gasteiger partial charge in [0.1, 0.15) is 0 Å². The average Bonchev–Trinajstić information content (AvgIpc) is 2.74. The van der Waals surface area contributed by atoms with Crippen molar-refractivity contribution < 1.29 is 12.9 Å². The summed E-state index contributed by atoms with van der Waals surface area (Å²) in [5.41, 5.74) is 0.970. The molecule has 1 aromatic heterocycles. The highest BCUT2D eigenvalue weighted by Crippen LogP contribution is 2.17. The quantitative estimate of drug-likeness (QED) is 0.905. The largest absolute Gasteiger partial charge is 0.338 e. The molecular weight excluding hydrogens is 266 g/mol. The number of aryl methyl sites for hydroxylation is 1. The van der Waals surface area contributed by atoms with Crippen molar-refractivity contribution in [3.05, 3.63) is 41.8 Å². The maximum absolute atomic E-state index is 12.0. The second-order valence-electron chi connectivity index (χ2n) is 4.33. The van der Waals surface area contributed by atoms with Gasteiger partial charge < -0.3 is 4.52 Å². The molecule has 1 aromatic carbocycles. The molecule has 1 atom stereocenters. The molecule has 7 heteroatoms. The molecule has 0 saturated carbocycles. The lowest BCUT2D eigenvalue weighted by Gasteiger charge is -2.12. The van der Waals surface area contributed by atoms with Crippen LogP contribution in [0.2, 0.25) is 0 Å². The molecule has 19 heavy (non-hydrogen) atoms. The summed E-state index contributed by atoms with van der Waals surface area (Å²) in [6, 6.07) is 9.46. The highest BCUT2D eigenvalue weighted by Gasteiger charge is 2.19. The molecule has 6 nitrogen and oxygen atoms in total. The fourth-order valence-corrected chi connectivity index (χ4v) is 3.02. The van der Waals surface area contributed by atoms with Crippen LogP contribution in [0.15, 0.2) is 34.9 Å². The van der Waals surface area contributed by atoms with Crippen molar-refractivity contribution in [2.24, 2.45) is 0 Å². The van der Waals surface area contributed by atoms with E-state index in [0.717, 1.165) is 5.56 Å². The maximum atomic E-state index is 12.0. The lowest BCUT2D eigenvalue weighted by Crippen LogP contribution is -2.21. The first-order chi connectivity index (χ1) is 8.96. The van der Waals surface area contributed by atoms with E-state index in [1.165, 1.54) is 0 Å². The average molecular weight is 281 g/mol. The zero-order valence-corrected chi connectivity index (χ0v) is 11.5. The van der Waals surface area contributed by atoms with Gasteiger partial charge in [0.15, 0.2) is 0 Å². The SMILES string of the molecule is Cc1nc(NS(=O)(=O)C[C@@H](C)c2ccccc2)no1. The van der Waals surface area contributed by atoms with E-state index in [-0.39, 0.29) is 17.6 Å². The highest BCUT2D eigenvalue weighted by atomic mass is 32.2. The monoisotopic (exact) mass is 281 g/mol. The fraction of sp³-hybridized carbons (Fsp3) is 0.333. The van der Waals surface area contributed by atoms with Crippen molar-refractivity contribution in [3.8, 4) is 0 Å². The van der Waals surface area contributed by atoms with E-state index in [1.54, 1.807) is 6.92 Å². The number of anilines is 1. The van der Waals surface area contributed by atoms with Gasteiger partial charge in [0, 0.05) is 6.92 Å². The van der Waals surface area contributed by atoms with E-state index < -0.39 is 10.0 Å². The van der Waals surface area contributed by atoms with Crippen molar-refractivity contribution in [1.82, 2.24) is 10.1 Å². The lowest BCUT2D eigenvalue weighted by atomic mass is 10.0. The number of rotatable bonds is 5. The smallest absolute Gasteiger partial charge is 0.277 e. The Kier molecular flexibility index (Phi) is 3.84. The summed E-state index contributed by atoms with van der Waals surface area (Å²) in [6.45, 7) is 3.45. The molecule has 0 aliphatic carbocycles. The first kappa shape index (κ1) is 13.5. The predicted octanol–water partition coefficient (Wildman–Crippen LogP) is 1.92. The zero-order chi connectivity index (χ0) is 13.9. The highest BCUT2D eigenvalue weighted by molar-refractivity contribution is 7.92. The summed E-state index contributed by atoms with van der Waals surface area (Å²) in [5, 5.41) is 3.50. The number of hydrogen-bond acceptors (Lipinski definition) is 5. The first-order valence-corrected chi connectivity index (χ1v) is 7.47. The standard InChI is InChI=1S/C12H15N3O3S/c1-9(11-6-4-3-5-7-11)8-19(16,17)15-12-13-10(2)18-14-12/h3-7,9H,8H2,1-2H3,(H,14,15)/t9-/m1/s1. The summed E-state index contributed by atoms with van der Waals surface area (Å²) >= 11 is 0. The van der Waals surface area contributed by atoms with Gasteiger partial charge in [-0.15, -0.1) is 0 Å². The number of benzene rings is 1. The van der Waals surface area contributed by atoms with E-state index in [1.807, 2.05) is 37.3 Å². The maximum Gasteiger partial charge on any atom is 0.277 e. The Morgan fingerprint density at radius 3 is 2.58 bits per heavy atom. The van der Waals surface area contributed by atoms with Gasteiger partial charge in [0.2, 0.25) is 15.9 Å². The summed E-state index contributed by atoms with van der Waals surface area (Å²) in [7, 11) is -3.50. The van der Waals surface area contributed by atoms with Crippen molar-refractivity contribution in [2.75, 3.05) is 10.5 Å². The van der Waals surface area contributed by atoms with Gasteiger partial charge in [-0.3, -0.25) is 0 Å². The fourth-order valence-electron chi connectivity index (χ4n) is 1.73. The van der Waals surface area contributed by atoms with E-state index in [9.17, 15) is 8.42 Å². The van der Waals surface area contributed by atoms with Gasteiger partial charge in [0.25, 0.3) is 5.95 Å².